The molecule has 1 aliphatic rings. The Labute approximate surface area is 192 Å². The summed E-state index contributed by atoms with van der Waals surface area (Å²) in [7, 11) is 0. The molecule has 1 fully saturated rings. The van der Waals surface area contributed by atoms with Gasteiger partial charge in [-0.15, -0.1) is 0 Å². The summed E-state index contributed by atoms with van der Waals surface area (Å²) < 4.78 is 0. The van der Waals surface area contributed by atoms with Gasteiger partial charge in [0, 0.05) is 52.1 Å². The number of hydrogen-bond donors (Lipinski definition) is 1. The molecule has 0 bridgehead atoms. The van der Waals surface area contributed by atoms with E-state index in [-0.39, 0.29) is 5.91 Å². The van der Waals surface area contributed by atoms with E-state index in [9.17, 15) is 9.59 Å². The molecule has 2 amide bonds. The van der Waals surface area contributed by atoms with Crippen molar-refractivity contribution >= 4 is 11.8 Å². The Morgan fingerprint density at radius 1 is 0.645 bits per heavy atom. The Morgan fingerprint density at radius 3 is 1.68 bits per heavy atom. The van der Waals surface area contributed by atoms with Crippen LogP contribution in [0.5, 0.6) is 0 Å². The molecular weight excluding hydrogens is 386 g/mol. The highest BCUT2D eigenvalue weighted by molar-refractivity contribution is 5.76. The first-order valence-corrected chi connectivity index (χ1v) is 13.4. The zero-order chi connectivity index (χ0) is 22.6. The van der Waals surface area contributed by atoms with E-state index >= 15 is 0 Å². The van der Waals surface area contributed by atoms with Gasteiger partial charge in [0.1, 0.15) is 0 Å². The maximum absolute atomic E-state index is 12.4. The van der Waals surface area contributed by atoms with Gasteiger partial charge in [0.05, 0.1) is 0 Å². The lowest BCUT2D eigenvalue weighted by atomic mass is 10.1. The molecule has 0 spiro atoms. The molecule has 0 unspecified atom stereocenters. The molecule has 1 N–H and O–H groups in total. The second-order valence-electron chi connectivity index (χ2n) is 9.32. The van der Waals surface area contributed by atoms with Crippen molar-refractivity contribution in [2.75, 3.05) is 39.3 Å². The van der Waals surface area contributed by atoms with Crippen molar-refractivity contribution in [3.8, 4) is 0 Å². The highest BCUT2D eigenvalue weighted by atomic mass is 16.2. The number of amides is 2. The second kappa shape index (κ2) is 19.6. The number of piperazine rings is 1. The Bertz CT molecular complexity index is 445. The molecule has 1 aliphatic heterocycles. The van der Waals surface area contributed by atoms with Crippen LogP contribution in [-0.2, 0) is 9.59 Å². The summed E-state index contributed by atoms with van der Waals surface area (Å²) in [6, 6.07) is 0. The van der Waals surface area contributed by atoms with Crippen LogP contribution >= 0.6 is 0 Å². The van der Waals surface area contributed by atoms with E-state index in [1.165, 1.54) is 77.0 Å². The molecule has 0 saturated carbocycles. The lowest BCUT2D eigenvalue weighted by Gasteiger charge is -2.34. The topological polar surface area (TPSA) is 52.7 Å². The van der Waals surface area contributed by atoms with Crippen molar-refractivity contribution in [1.29, 1.82) is 0 Å². The van der Waals surface area contributed by atoms with Gasteiger partial charge in [-0.3, -0.25) is 14.5 Å². The van der Waals surface area contributed by atoms with Crippen LogP contribution in [0, 0.1) is 0 Å². The third-order valence-corrected chi connectivity index (χ3v) is 6.48. The Kier molecular flexibility index (Phi) is 17.6. The smallest absolute Gasteiger partial charge is 0.222 e. The fourth-order valence-corrected chi connectivity index (χ4v) is 4.30. The molecule has 0 aromatic carbocycles. The highest BCUT2D eigenvalue weighted by Gasteiger charge is 2.20. The molecule has 0 atom stereocenters. The van der Waals surface area contributed by atoms with Gasteiger partial charge in [-0.1, -0.05) is 90.9 Å². The van der Waals surface area contributed by atoms with Gasteiger partial charge in [0.15, 0.2) is 0 Å². The van der Waals surface area contributed by atoms with Crippen LogP contribution in [0.4, 0.5) is 0 Å². The molecular formula is C26H51N3O2. The maximum Gasteiger partial charge on any atom is 0.222 e. The van der Waals surface area contributed by atoms with Crippen LogP contribution in [0.1, 0.15) is 117 Å². The molecule has 1 rings (SSSR count). The standard InChI is InChI=1S/C26H51N3O2/c1-3-5-7-9-11-13-15-17-25(30)27-19-20-28-21-23-29(24-22-28)26(31)18-16-14-12-10-8-6-4-2/h3-24H2,1-2H3,(H,27,30). The van der Waals surface area contributed by atoms with Crippen LogP contribution in [0.15, 0.2) is 0 Å². The number of nitrogens with zero attached hydrogens (tertiary/aromatic N) is 2. The van der Waals surface area contributed by atoms with Crippen molar-refractivity contribution in [1.82, 2.24) is 15.1 Å². The lowest BCUT2D eigenvalue weighted by Crippen LogP contribution is -2.50. The van der Waals surface area contributed by atoms with E-state index < -0.39 is 0 Å². The molecule has 0 aromatic heterocycles. The predicted molar refractivity (Wildman–Crippen MR) is 131 cm³/mol. The van der Waals surface area contributed by atoms with Crippen molar-refractivity contribution in [2.45, 2.75) is 117 Å². The minimum atomic E-state index is 0.192. The molecule has 31 heavy (non-hydrogen) atoms. The molecule has 0 aromatic rings. The summed E-state index contributed by atoms with van der Waals surface area (Å²) >= 11 is 0. The largest absolute Gasteiger partial charge is 0.355 e. The number of carbonyl (C=O) groups is 2. The molecule has 1 heterocycles. The summed E-state index contributed by atoms with van der Waals surface area (Å²) in [5.74, 6) is 0.522. The van der Waals surface area contributed by atoms with Gasteiger partial charge in [-0.05, 0) is 12.8 Å². The first-order chi connectivity index (χ1) is 15.2. The number of hydrogen-bond acceptors (Lipinski definition) is 3. The summed E-state index contributed by atoms with van der Waals surface area (Å²) in [6.07, 6.45) is 18.9. The maximum atomic E-state index is 12.4. The van der Waals surface area contributed by atoms with Crippen LogP contribution in [0.2, 0.25) is 0 Å². The summed E-state index contributed by atoms with van der Waals surface area (Å²) in [6.45, 7) is 9.62. The normalized spacial score (nSPS) is 14.7. The lowest BCUT2D eigenvalue weighted by molar-refractivity contribution is -0.133. The SMILES string of the molecule is CCCCCCCCCC(=O)NCCN1CCN(C(=O)CCCCCCCCC)CC1. The van der Waals surface area contributed by atoms with E-state index in [4.69, 9.17) is 0 Å². The first-order valence-electron chi connectivity index (χ1n) is 13.4. The minimum Gasteiger partial charge on any atom is -0.355 e. The average Bonchev–Trinajstić information content (AvgIpc) is 2.78. The average molecular weight is 438 g/mol. The van der Waals surface area contributed by atoms with E-state index in [2.05, 4.69) is 24.1 Å². The van der Waals surface area contributed by atoms with Crippen molar-refractivity contribution in [2.24, 2.45) is 0 Å². The van der Waals surface area contributed by atoms with Crippen molar-refractivity contribution in [3.05, 3.63) is 0 Å². The van der Waals surface area contributed by atoms with E-state index in [1.54, 1.807) is 0 Å². The number of unbranched alkanes of at least 4 members (excludes halogenated alkanes) is 12. The van der Waals surface area contributed by atoms with Gasteiger partial charge < -0.3 is 10.2 Å². The zero-order valence-corrected chi connectivity index (χ0v) is 20.8. The molecule has 1 saturated heterocycles. The van der Waals surface area contributed by atoms with Crippen LogP contribution in [0.25, 0.3) is 0 Å². The molecule has 0 aliphatic carbocycles. The Hall–Kier alpha value is -1.10. The number of nitrogens with one attached hydrogen (secondary N) is 1. The first kappa shape index (κ1) is 27.9. The van der Waals surface area contributed by atoms with Gasteiger partial charge in [0.2, 0.25) is 11.8 Å². The van der Waals surface area contributed by atoms with Gasteiger partial charge >= 0.3 is 0 Å². The summed E-state index contributed by atoms with van der Waals surface area (Å²) in [5.41, 5.74) is 0. The van der Waals surface area contributed by atoms with E-state index in [1.807, 2.05) is 4.90 Å². The number of carbonyl (C=O) groups excluding carboxylic acids is 2. The quantitative estimate of drug-likeness (QED) is 0.270. The van der Waals surface area contributed by atoms with Gasteiger partial charge in [-0.2, -0.15) is 0 Å². The molecule has 5 nitrogen and oxygen atoms in total. The third kappa shape index (κ3) is 15.4. The van der Waals surface area contributed by atoms with Crippen molar-refractivity contribution in [3.63, 3.8) is 0 Å². The Morgan fingerprint density at radius 2 is 1.13 bits per heavy atom. The van der Waals surface area contributed by atoms with Crippen LogP contribution < -0.4 is 5.32 Å². The molecule has 0 radical (unpaired) electrons. The fraction of sp³-hybridized carbons (Fsp3) is 0.923. The second-order valence-corrected chi connectivity index (χ2v) is 9.32. The van der Waals surface area contributed by atoms with Crippen LogP contribution in [-0.4, -0.2) is 60.9 Å². The minimum absolute atomic E-state index is 0.192. The monoisotopic (exact) mass is 437 g/mol. The summed E-state index contributed by atoms with van der Waals surface area (Å²) in [5, 5.41) is 3.07. The van der Waals surface area contributed by atoms with Crippen molar-refractivity contribution < 1.29 is 9.59 Å². The van der Waals surface area contributed by atoms with Gasteiger partial charge in [-0.25, -0.2) is 0 Å². The highest BCUT2D eigenvalue weighted by Crippen LogP contribution is 2.11. The summed E-state index contributed by atoms with van der Waals surface area (Å²) in [4.78, 5) is 28.8. The van der Waals surface area contributed by atoms with E-state index in [0.29, 0.717) is 18.7 Å². The number of rotatable bonds is 19. The Balaban J connectivity index is 1.96. The third-order valence-electron chi connectivity index (χ3n) is 6.48. The fourth-order valence-electron chi connectivity index (χ4n) is 4.30. The van der Waals surface area contributed by atoms with E-state index in [0.717, 1.165) is 52.1 Å². The van der Waals surface area contributed by atoms with Crippen LogP contribution in [0.3, 0.4) is 0 Å². The zero-order valence-electron chi connectivity index (χ0n) is 20.8. The predicted octanol–water partition coefficient (Wildman–Crippen LogP) is 5.53. The molecule has 5 heteroatoms. The molecule has 182 valence electrons. The van der Waals surface area contributed by atoms with Gasteiger partial charge in [0.25, 0.3) is 0 Å².